The first-order valence-corrected chi connectivity index (χ1v) is 7.45. The molecule has 0 aliphatic heterocycles. The normalized spacial score (nSPS) is 17.3. The largest absolute Gasteiger partial charge is 0.439 e. The fourth-order valence-electron chi connectivity index (χ4n) is 1.98. The molecule has 7 nitrogen and oxygen atoms in total. The van der Waals surface area contributed by atoms with E-state index in [1.807, 2.05) is 19.1 Å². The van der Waals surface area contributed by atoms with Crippen LogP contribution in [0.25, 0.3) is 0 Å². The third kappa shape index (κ3) is 3.27. The van der Waals surface area contributed by atoms with Gasteiger partial charge in [0, 0.05) is 0 Å². The van der Waals surface area contributed by atoms with Crippen molar-refractivity contribution >= 4 is 17.1 Å². The molecule has 3 rings (SSSR count). The Balaban J connectivity index is 1.64. The smallest absolute Gasteiger partial charge is 0.370 e. The van der Waals surface area contributed by atoms with Gasteiger partial charge in [-0.25, -0.2) is 4.63 Å². The van der Waals surface area contributed by atoms with Crippen molar-refractivity contribution in [2.75, 3.05) is 0 Å². The zero-order chi connectivity index (χ0) is 14.7. The van der Waals surface area contributed by atoms with Crippen LogP contribution in [-0.2, 0) is 22.1 Å². The lowest BCUT2D eigenvalue weighted by Crippen LogP contribution is -2.13. The van der Waals surface area contributed by atoms with Gasteiger partial charge in [0.15, 0.2) is 5.69 Å². The molecule has 1 aliphatic carbocycles. The maximum Gasteiger partial charge on any atom is 0.439 e. The third-order valence-electron chi connectivity index (χ3n) is 3.05. The van der Waals surface area contributed by atoms with E-state index in [1.54, 1.807) is 12.1 Å². The second-order valence-electron chi connectivity index (χ2n) is 4.63. The van der Waals surface area contributed by atoms with Crippen LogP contribution in [0.3, 0.4) is 0 Å². The molecule has 0 amide bonds. The first kappa shape index (κ1) is 13.7. The summed E-state index contributed by atoms with van der Waals surface area (Å²) in [5.41, 5.74) is 2.96. The summed E-state index contributed by atoms with van der Waals surface area (Å²) in [5.74, 6) is 0.451. The second kappa shape index (κ2) is 6.04. The maximum absolute atomic E-state index is 11.7. The summed E-state index contributed by atoms with van der Waals surface area (Å²) in [6.07, 6.45) is 2.33. The summed E-state index contributed by atoms with van der Waals surface area (Å²) >= 11 is -2.01. The van der Waals surface area contributed by atoms with Gasteiger partial charge in [-0.3, -0.25) is 4.28 Å². The Morgan fingerprint density at radius 2 is 2.05 bits per heavy atom. The van der Waals surface area contributed by atoms with Crippen molar-refractivity contribution in [2.24, 2.45) is 5.16 Å². The van der Waals surface area contributed by atoms with E-state index in [0.717, 1.165) is 24.1 Å². The van der Waals surface area contributed by atoms with E-state index in [2.05, 4.69) is 20.1 Å². The van der Waals surface area contributed by atoms with E-state index in [1.165, 1.54) is 0 Å². The molecule has 1 aromatic heterocycles. The number of benzene rings is 1. The van der Waals surface area contributed by atoms with E-state index in [9.17, 15) is 4.21 Å². The van der Waals surface area contributed by atoms with Crippen molar-refractivity contribution in [3.63, 3.8) is 0 Å². The minimum atomic E-state index is -2.01. The lowest BCUT2D eigenvalue weighted by atomic mass is 9.99. The van der Waals surface area contributed by atoms with Gasteiger partial charge in [-0.15, -0.1) is 0 Å². The second-order valence-corrected chi connectivity index (χ2v) is 5.35. The summed E-state index contributed by atoms with van der Waals surface area (Å²) in [6.45, 7) is 1.95. The number of fused-ring (bicyclic) bond motifs is 1. The van der Waals surface area contributed by atoms with E-state index in [4.69, 9.17) is 8.47 Å². The lowest BCUT2D eigenvalue weighted by molar-refractivity contribution is 0.302. The van der Waals surface area contributed by atoms with Gasteiger partial charge in [0.25, 0.3) is 0 Å². The quantitative estimate of drug-likeness (QED) is 0.804. The number of nitrogens with zero attached hydrogens (tertiary/aromatic N) is 3. The Kier molecular flexibility index (Phi) is 3.96. The molecule has 110 valence electrons. The Bertz CT molecular complexity index is 681. The van der Waals surface area contributed by atoms with Crippen LogP contribution >= 0.6 is 0 Å². The molecule has 1 atom stereocenters. The molecule has 0 radical (unpaired) electrons. The van der Waals surface area contributed by atoms with Gasteiger partial charge >= 0.3 is 11.4 Å². The van der Waals surface area contributed by atoms with Crippen LogP contribution < -0.4 is 4.18 Å². The topological polar surface area (TPSA) is 86.8 Å². The Hall–Kier alpha value is -2.22. The molecule has 0 bridgehead atoms. The predicted octanol–water partition coefficient (Wildman–Crippen LogP) is 2.09. The van der Waals surface area contributed by atoms with Crippen LogP contribution in [0.15, 0.2) is 34.1 Å². The van der Waals surface area contributed by atoms with Crippen molar-refractivity contribution in [1.29, 1.82) is 0 Å². The van der Waals surface area contributed by atoms with E-state index in [-0.39, 0.29) is 0 Å². The number of oxime groups is 1. The SMILES string of the molecule is Cc1ccc(OS(=O)ON=C2CCCc3nonc32)cc1. The highest BCUT2D eigenvalue weighted by Gasteiger charge is 2.22. The van der Waals surface area contributed by atoms with Crippen molar-refractivity contribution in [3.8, 4) is 5.75 Å². The number of rotatable bonds is 4. The molecule has 0 spiro atoms. The molecular weight excluding hydrogens is 294 g/mol. The average Bonchev–Trinajstić information content (AvgIpc) is 2.96. The molecule has 0 saturated heterocycles. The summed E-state index contributed by atoms with van der Waals surface area (Å²) in [6, 6.07) is 7.13. The van der Waals surface area contributed by atoms with Crippen molar-refractivity contribution < 1.29 is 17.3 Å². The minimum absolute atomic E-state index is 0.451. The molecule has 0 saturated carbocycles. The molecule has 1 unspecified atom stereocenters. The summed E-state index contributed by atoms with van der Waals surface area (Å²) < 4.78 is 26.3. The van der Waals surface area contributed by atoms with Gasteiger partial charge in [0.05, 0.1) is 0 Å². The van der Waals surface area contributed by atoms with Gasteiger partial charge < -0.3 is 4.18 Å². The van der Waals surface area contributed by atoms with Gasteiger partial charge in [-0.1, -0.05) is 28.0 Å². The zero-order valence-electron chi connectivity index (χ0n) is 11.3. The average molecular weight is 307 g/mol. The van der Waals surface area contributed by atoms with Crippen molar-refractivity contribution in [3.05, 3.63) is 41.2 Å². The van der Waals surface area contributed by atoms with E-state index in [0.29, 0.717) is 23.6 Å². The first-order chi connectivity index (χ1) is 10.2. The molecule has 1 aromatic carbocycles. The maximum atomic E-state index is 11.7. The van der Waals surface area contributed by atoms with Crippen LogP contribution in [0.5, 0.6) is 5.75 Å². The molecule has 21 heavy (non-hydrogen) atoms. The van der Waals surface area contributed by atoms with Gasteiger partial charge in [-0.05, 0) is 43.5 Å². The number of hydrogen-bond donors (Lipinski definition) is 0. The van der Waals surface area contributed by atoms with Crippen LogP contribution in [0.1, 0.15) is 29.8 Å². The Morgan fingerprint density at radius 1 is 1.24 bits per heavy atom. The Morgan fingerprint density at radius 3 is 2.86 bits per heavy atom. The van der Waals surface area contributed by atoms with Crippen LogP contribution in [0.2, 0.25) is 0 Å². The number of aryl methyl sites for hydroxylation is 2. The minimum Gasteiger partial charge on any atom is -0.370 e. The van der Waals surface area contributed by atoms with Crippen molar-refractivity contribution in [1.82, 2.24) is 10.3 Å². The van der Waals surface area contributed by atoms with Crippen LogP contribution in [-0.4, -0.2) is 20.2 Å². The molecule has 1 aliphatic rings. The summed E-state index contributed by atoms with van der Waals surface area (Å²) in [5, 5.41) is 11.4. The number of aromatic nitrogens is 2. The highest BCUT2D eigenvalue weighted by atomic mass is 32.2. The van der Waals surface area contributed by atoms with E-state index >= 15 is 0 Å². The monoisotopic (exact) mass is 307 g/mol. The molecule has 0 fully saturated rings. The fourth-order valence-corrected chi connectivity index (χ4v) is 2.43. The predicted molar refractivity (Wildman–Crippen MR) is 74.8 cm³/mol. The fraction of sp³-hybridized carbons (Fsp3) is 0.308. The van der Waals surface area contributed by atoms with Crippen LogP contribution in [0.4, 0.5) is 0 Å². The highest BCUT2D eigenvalue weighted by Crippen LogP contribution is 2.19. The van der Waals surface area contributed by atoms with Gasteiger partial charge in [0.2, 0.25) is 0 Å². The first-order valence-electron chi connectivity index (χ1n) is 6.45. The third-order valence-corrected chi connectivity index (χ3v) is 3.58. The van der Waals surface area contributed by atoms with Crippen molar-refractivity contribution in [2.45, 2.75) is 26.2 Å². The zero-order valence-corrected chi connectivity index (χ0v) is 12.1. The number of hydrogen-bond acceptors (Lipinski definition) is 7. The lowest BCUT2D eigenvalue weighted by Gasteiger charge is -2.08. The van der Waals surface area contributed by atoms with E-state index < -0.39 is 11.4 Å². The van der Waals surface area contributed by atoms with Gasteiger partial charge in [-0.2, -0.15) is 4.21 Å². The molecular formula is C13H13N3O4S. The molecule has 8 heteroatoms. The molecule has 2 aromatic rings. The molecule has 0 N–H and O–H groups in total. The van der Waals surface area contributed by atoms with Gasteiger partial charge in [0.1, 0.15) is 17.2 Å². The molecule has 1 heterocycles. The van der Waals surface area contributed by atoms with Crippen LogP contribution in [0, 0.1) is 6.92 Å². The highest BCUT2D eigenvalue weighted by molar-refractivity contribution is 7.75. The summed E-state index contributed by atoms with van der Waals surface area (Å²) in [4.78, 5) is 0. The Labute approximate surface area is 123 Å². The standard InChI is InChI=1S/C13H13N3O4S/c1-9-5-7-10(8-6-9)18-21(17)20-15-12-4-2-3-11-13(12)16-19-14-11/h5-8H,2-4H2,1H3. The summed E-state index contributed by atoms with van der Waals surface area (Å²) in [7, 11) is 0.